The smallest absolute Gasteiger partial charge is 0.220 e. The molecule has 4 heteroatoms. The van der Waals surface area contributed by atoms with Gasteiger partial charge >= 0.3 is 0 Å². The maximum Gasteiger partial charge on any atom is 0.220 e. The highest BCUT2D eigenvalue weighted by Crippen LogP contribution is 2.08. The van der Waals surface area contributed by atoms with E-state index in [1.807, 2.05) is 6.92 Å². The summed E-state index contributed by atoms with van der Waals surface area (Å²) < 4.78 is 0. The molecular formula is C12H26N2O2. The van der Waals surface area contributed by atoms with E-state index in [1.54, 1.807) is 0 Å². The van der Waals surface area contributed by atoms with Gasteiger partial charge in [-0.3, -0.25) is 4.79 Å². The SMILES string of the molecule is CCCC(O)CNC(=O)CCC(C)CCN. The number of carbonyl (C=O) groups excluding carboxylic acids is 1. The second-order valence-corrected chi connectivity index (χ2v) is 4.47. The molecule has 0 saturated heterocycles. The quantitative estimate of drug-likeness (QED) is 0.554. The van der Waals surface area contributed by atoms with E-state index >= 15 is 0 Å². The van der Waals surface area contributed by atoms with Crippen molar-refractivity contribution in [3.63, 3.8) is 0 Å². The van der Waals surface area contributed by atoms with Crippen LogP contribution < -0.4 is 11.1 Å². The van der Waals surface area contributed by atoms with Gasteiger partial charge in [0.25, 0.3) is 0 Å². The number of hydrogen-bond donors (Lipinski definition) is 3. The first-order chi connectivity index (χ1) is 7.60. The minimum absolute atomic E-state index is 0.0269. The summed E-state index contributed by atoms with van der Waals surface area (Å²) in [5.74, 6) is 0.523. The highest BCUT2D eigenvalue weighted by molar-refractivity contribution is 5.75. The molecule has 0 aliphatic heterocycles. The summed E-state index contributed by atoms with van der Waals surface area (Å²) in [7, 11) is 0. The number of nitrogens with one attached hydrogen (secondary N) is 1. The van der Waals surface area contributed by atoms with Crippen molar-refractivity contribution in [2.24, 2.45) is 11.7 Å². The van der Waals surface area contributed by atoms with Gasteiger partial charge in [0.1, 0.15) is 0 Å². The van der Waals surface area contributed by atoms with E-state index < -0.39 is 6.10 Å². The molecule has 4 N–H and O–H groups in total. The second-order valence-electron chi connectivity index (χ2n) is 4.47. The number of aliphatic hydroxyl groups excluding tert-OH is 1. The molecule has 0 fully saturated rings. The number of amides is 1. The molecule has 0 aromatic rings. The van der Waals surface area contributed by atoms with E-state index in [-0.39, 0.29) is 5.91 Å². The van der Waals surface area contributed by atoms with E-state index in [4.69, 9.17) is 5.73 Å². The fraction of sp³-hybridized carbons (Fsp3) is 0.917. The molecule has 0 aromatic carbocycles. The zero-order valence-corrected chi connectivity index (χ0v) is 10.5. The van der Waals surface area contributed by atoms with Crippen LogP contribution in [0.4, 0.5) is 0 Å². The molecule has 0 aromatic heterocycles. The molecule has 0 heterocycles. The van der Waals surface area contributed by atoms with Crippen LogP contribution in [-0.2, 0) is 4.79 Å². The number of carbonyl (C=O) groups is 1. The lowest BCUT2D eigenvalue weighted by Gasteiger charge is -2.12. The fourth-order valence-corrected chi connectivity index (χ4v) is 1.56. The van der Waals surface area contributed by atoms with Gasteiger partial charge in [0.2, 0.25) is 5.91 Å². The Balaban J connectivity index is 3.51. The van der Waals surface area contributed by atoms with Gasteiger partial charge in [-0.1, -0.05) is 20.3 Å². The van der Waals surface area contributed by atoms with Crippen LogP contribution in [0.3, 0.4) is 0 Å². The highest BCUT2D eigenvalue weighted by Gasteiger charge is 2.08. The average Bonchev–Trinajstić information content (AvgIpc) is 2.24. The topological polar surface area (TPSA) is 75.3 Å². The third-order valence-electron chi connectivity index (χ3n) is 2.68. The predicted molar refractivity (Wildman–Crippen MR) is 66.0 cm³/mol. The van der Waals surface area contributed by atoms with Gasteiger partial charge in [-0.25, -0.2) is 0 Å². The van der Waals surface area contributed by atoms with Crippen LogP contribution in [0.1, 0.15) is 46.0 Å². The summed E-state index contributed by atoms with van der Waals surface area (Å²) in [6, 6.07) is 0. The Bertz CT molecular complexity index is 168. The number of aliphatic hydroxyl groups is 1. The summed E-state index contributed by atoms with van der Waals surface area (Å²) in [5.41, 5.74) is 5.43. The Kier molecular flexibility index (Phi) is 9.24. The molecule has 0 spiro atoms. The summed E-state index contributed by atoms with van der Waals surface area (Å²) in [6.07, 6.45) is 3.63. The van der Waals surface area contributed by atoms with Gasteiger partial charge in [-0.2, -0.15) is 0 Å². The maximum absolute atomic E-state index is 11.4. The Morgan fingerprint density at radius 3 is 2.62 bits per heavy atom. The Morgan fingerprint density at radius 1 is 1.38 bits per heavy atom. The van der Waals surface area contributed by atoms with Crippen molar-refractivity contribution in [2.45, 2.75) is 52.1 Å². The molecule has 96 valence electrons. The minimum Gasteiger partial charge on any atom is -0.391 e. The molecule has 0 radical (unpaired) electrons. The molecule has 2 unspecified atom stereocenters. The predicted octanol–water partition coefficient (Wildman–Crippen LogP) is 1.03. The zero-order chi connectivity index (χ0) is 12.4. The molecule has 0 rings (SSSR count). The molecule has 0 aliphatic carbocycles. The first-order valence-electron chi connectivity index (χ1n) is 6.25. The molecule has 4 nitrogen and oxygen atoms in total. The lowest BCUT2D eigenvalue weighted by atomic mass is 10.0. The van der Waals surface area contributed by atoms with Crippen molar-refractivity contribution >= 4 is 5.91 Å². The molecule has 2 atom stereocenters. The maximum atomic E-state index is 11.4. The Morgan fingerprint density at radius 2 is 2.06 bits per heavy atom. The van der Waals surface area contributed by atoms with E-state index in [0.717, 1.165) is 25.7 Å². The molecule has 0 aliphatic rings. The fourth-order valence-electron chi connectivity index (χ4n) is 1.56. The summed E-state index contributed by atoms with van der Waals surface area (Å²) in [5, 5.41) is 12.2. The van der Waals surface area contributed by atoms with Crippen LogP contribution in [0.15, 0.2) is 0 Å². The highest BCUT2D eigenvalue weighted by atomic mass is 16.3. The van der Waals surface area contributed by atoms with Crippen LogP contribution in [0.5, 0.6) is 0 Å². The zero-order valence-electron chi connectivity index (χ0n) is 10.5. The average molecular weight is 230 g/mol. The summed E-state index contributed by atoms with van der Waals surface area (Å²) in [6.45, 7) is 5.17. The molecular weight excluding hydrogens is 204 g/mol. The van der Waals surface area contributed by atoms with Crippen LogP contribution in [0, 0.1) is 5.92 Å². The lowest BCUT2D eigenvalue weighted by molar-refractivity contribution is -0.121. The summed E-state index contributed by atoms with van der Waals surface area (Å²) >= 11 is 0. The van der Waals surface area contributed by atoms with Crippen molar-refractivity contribution in [1.82, 2.24) is 5.32 Å². The molecule has 0 saturated carbocycles. The van der Waals surface area contributed by atoms with Crippen molar-refractivity contribution < 1.29 is 9.90 Å². The van der Waals surface area contributed by atoms with Gasteiger partial charge in [0, 0.05) is 13.0 Å². The van der Waals surface area contributed by atoms with Crippen molar-refractivity contribution in [1.29, 1.82) is 0 Å². The van der Waals surface area contributed by atoms with Gasteiger partial charge in [0.15, 0.2) is 0 Å². The van der Waals surface area contributed by atoms with Crippen LogP contribution in [0.25, 0.3) is 0 Å². The monoisotopic (exact) mass is 230 g/mol. The summed E-state index contributed by atoms with van der Waals surface area (Å²) in [4.78, 5) is 11.4. The van der Waals surface area contributed by atoms with Crippen LogP contribution in [-0.4, -0.2) is 30.2 Å². The van der Waals surface area contributed by atoms with E-state index in [2.05, 4.69) is 12.2 Å². The van der Waals surface area contributed by atoms with E-state index in [9.17, 15) is 9.90 Å². The van der Waals surface area contributed by atoms with E-state index in [0.29, 0.717) is 25.4 Å². The van der Waals surface area contributed by atoms with Crippen LogP contribution >= 0.6 is 0 Å². The Labute approximate surface area is 98.6 Å². The van der Waals surface area contributed by atoms with E-state index in [1.165, 1.54) is 0 Å². The number of nitrogens with two attached hydrogens (primary N) is 1. The molecule has 0 bridgehead atoms. The van der Waals surface area contributed by atoms with Gasteiger partial charge in [-0.05, 0) is 31.7 Å². The standard InChI is InChI=1S/C12H26N2O2/c1-3-4-11(15)9-14-12(16)6-5-10(2)7-8-13/h10-11,15H,3-9,13H2,1-2H3,(H,14,16). The first kappa shape index (κ1) is 15.4. The number of rotatable bonds is 9. The van der Waals surface area contributed by atoms with Crippen molar-refractivity contribution in [3.8, 4) is 0 Å². The number of hydrogen-bond acceptors (Lipinski definition) is 3. The molecule has 16 heavy (non-hydrogen) atoms. The second kappa shape index (κ2) is 9.60. The van der Waals surface area contributed by atoms with Crippen molar-refractivity contribution in [2.75, 3.05) is 13.1 Å². The third-order valence-corrected chi connectivity index (χ3v) is 2.68. The van der Waals surface area contributed by atoms with Gasteiger partial charge in [-0.15, -0.1) is 0 Å². The van der Waals surface area contributed by atoms with Crippen LogP contribution in [0.2, 0.25) is 0 Å². The Hall–Kier alpha value is -0.610. The van der Waals surface area contributed by atoms with Gasteiger partial charge < -0.3 is 16.2 Å². The molecule has 1 amide bonds. The van der Waals surface area contributed by atoms with Crippen molar-refractivity contribution in [3.05, 3.63) is 0 Å². The minimum atomic E-state index is -0.407. The normalized spacial score (nSPS) is 14.5. The third kappa shape index (κ3) is 8.68. The lowest BCUT2D eigenvalue weighted by Crippen LogP contribution is -2.32. The van der Waals surface area contributed by atoms with Gasteiger partial charge in [0.05, 0.1) is 6.10 Å². The first-order valence-corrected chi connectivity index (χ1v) is 6.25. The largest absolute Gasteiger partial charge is 0.391 e.